The first-order valence-corrected chi connectivity index (χ1v) is 7.52. The molecule has 0 amide bonds. The molecule has 0 aliphatic carbocycles. The second kappa shape index (κ2) is 15.5. The molecule has 1 radical (unpaired) electrons. The van der Waals surface area contributed by atoms with Gasteiger partial charge in [0.2, 0.25) is 0 Å². The molecule has 0 aromatic carbocycles. The van der Waals surface area contributed by atoms with Gasteiger partial charge in [-0.2, -0.15) is 0 Å². The maximum Gasteiger partial charge on any atom is -0.0348 e. The van der Waals surface area contributed by atoms with Gasteiger partial charge >= 0.3 is 0 Å². The summed E-state index contributed by atoms with van der Waals surface area (Å²) in [6.45, 7) is 6.04. The molecule has 0 saturated carbocycles. The summed E-state index contributed by atoms with van der Waals surface area (Å²) in [5, 5.41) is 0. The molecule has 0 bridgehead atoms. The molecular formula is C17H31. The van der Waals surface area contributed by atoms with E-state index in [0.29, 0.717) is 0 Å². The van der Waals surface area contributed by atoms with E-state index in [1.807, 2.05) is 0 Å². The van der Waals surface area contributed by atoms with Crippen molar-refractivity contribution in [2.24, 2.45) is 0 Å². The third kappa shape index (κ3) is 15.5. The van der Waals surface area contributed by atoms with Crippen molar-refractivity contribution >= 4 is 0 Å². The van der Waals surface area contributed by atoms with Gasteiger partial charge in [0.05, 0.1) is 0 Å². The van der Waals surface area contributed by atoms with Crippen molar-refractivity contribution in [3.63, 3.8) is 0 Å². The minimum Gasteiger partial charge on any atom is -0.0848 e. The van der Waals surface area contributed by atoms with E-state index in [2.05, 4.69) is 38.2 Å². The highest BCUT2D eigenvalue weighted by Crippen LogP contribution is 2.10. The SMILES string of the molecule is [CH2]CCCCCCCCCCC=CC=CCC. The first kappa shape index (κ1) is 16.5. The zero-order valence-electron chi connectivity index (χ0n) is 11.8. The summed E-state index contributed by atoms with van der Waals surface area (Å²) in [5.41, 5.74) is 0. The van der Waals surface area contributed by atoms with Crippen LogP contribution in [0.2, 0.25) is 0 Å². The van der Waals surface area contributed by atoms with Crippen LogP contribution in [0.5, 0.6) is 0 Å². The quantitative estimate of drug-likeness (QED) is 0.277. The smallest absolute Gasteiger partial charge is 0.0348 e. The lowest BCUT2D eigenvalue weighted by atomic mass is 10.1. The van der Waals surface area contributed by atoms with Gasteiger partial charge in [0, 0.05) is 0 Å². The van der Waals surface area contributed by atoms with E-state index in [0.717, 1.165) is 12.8 Å². The van der Waals surface area contributed by atoms with E-state index in [1.165, 1.54) is 57.8 Å². The van der Waals surface area contributed by atoms with Crippen molar-refractivity contribution in [2.75, 3.05) is 0 Å². The molecule has 0 aromatic heterocycles. The van der Waals surface area contributed by atoms with Gasteiger partial charge in [-0.15, -0.1) is 0 Å². The third-order valence-electron chi connectivity index (χ3n) is 2.99. The Labute approximate surface area is 109 Å². The van der Waals surface area contributed by atoms with E-state index in [1.54, 1.807) is 0 Å². The van der Waals surface area contributed by atoms with Crippen LogP contribution in [0.25, 0.3) is 0 Å². The summed E-state index contributed by atoms with van der Waals surface area (Å²) in [7, 11) is 0. The summed E-state index contributed by atoms with van der Waals surface area (Å²) >= 11 is 0. The Morgan fingerprint density at radius 3 is 1.82 bits per heavy atom. The van der Waals surface area contributed by atoms with Crippen molar-refractivity contribution in [3.8, 4) is 0 Å². The highest BCUT2D eigenvalue weighted by molar-refractivity contribution is 5.01. The molecule has 0 fully saturated rings. The molecule has 0 saturated heterocycles. The van der Waals surface area contributed by atoms with Crippen molar-refractivity contribution in [1.82, 2.24) is 0 Å². The molecule has 0 spiro atoms. The molecule has 0 N–H and O–H groups in total. The molecule has 0 aliphatic rings. The number of hydrogen-bond acceptors (Lipinski definition) is 0. The standard InChI is InChI=1S/C17H31/c1-3-5-7-9-11-13-15-17-16-14-12-10-8-6-4-2/h6,8,10,12H,1,3-5,7,9,11,13-17H2,2H3. The lowest BCUT2D eigenvalue weighted by Gasteiger charge is -2.00. The summed E-state index contributed by atoms with van der Waals surface area (Å²) < 4.78 is 0. The van der Waals surface area contributed by atoms with Crippen LogP contribution in [-0.4, -0.2) is 0 Å². The van der Waals surface area contributed by atoms with Gasteiger partial charge < -0.3 is 0 Å². The van der Waals surface area contributed by atoms with Crippen molar-refractivity contribution in [3.05, 3.63) is 31.2 Å². The van der Waals surface area contributed by atoms with Gasteiger partial charge in [-0.05, 0) is 19.3 Å². The van der Waals surface area contributed by atoms with E-state index >= 15 is 0 Å². The zero-order chi connectivity index (χ0) is 12.6. The van der Waals surface area contributed by atoms with Gasteiger partial charge in [-0.25, -0.2) is 0 Å². The maximum absolute atomic E-state index is 3.87. The molecule has 0 aliphatic heterocycles. The van der Waals surface area contributed by atoms with Crippen molar-refractivity contribution in [1.29, 1.82) is 0 Å². The number of unbranched alkanes of at least 4 members (excludes halogenated alkanes) is 9. The molecule has 0 unspecified atom stereocenters. The Bertz CT molecular complexity index is 176. The predicted octanol–water partition coefficient (Wildman–Crippen LogP) is 6.24. The van der Waals surface area contributed by atoms with Crippen LogP contribution in [0.1, 0.15) is 77.6 Å². The van der Waals surface area contributed by atoms with Crippen LogP contribution >= 0.6 is 0 Å². The average Bonchev–Trinajstić information content (AvgIpc) is 2.35. The van der Waals surface area contributed by atoms with Crippen LogP contribution in [0.3, 0.4) is 0 Å². The third-order valence-corrected chi connectivity index (χ3v) is 2.99. The molecule has 0 heteroatoms. The van der Waals surface area contributed by atoms with Gasteiger partial charge in [0.15, 0.2) is 0 Å². The molecular weight excluding hydrogens is 204 g/mol. The van der Waals surface area contributed by atoms with Crippen LogP contribution in [-0.2, 0) is 0 Å². The van der Waals surface area contributed by atoms with Crippen LogP contribution in [0.4, 0.5) is 0 Å². The van der Waals surface area contributed by atoms with Crippen molar-refractivity contribution in [2.45, 2.75) is 77.6 Å². The molecule has 0 aromatic rings. The summed E-state index contributed by atoms with van der Waals surface area (Å²) in [6, 6.07) is 0. The Balaban J connectivity index is 3.03. The van der Waals surface area contributed by atoms with Crippen LogP contribution in [0.15, 0.2) is 24.3 Å². The van der Waals surface area contributed by atoms with E-state index in [4.69, 9.17) is 0 Å². The lowest BCUT2D eigenvalue weighted by molar-refractivity contribution is 0.571. The van der Waals surface area contributed by atoms with Crippen molar-refractivity contribution < 1.29 is 0 Å². The summed E-state index contributed by atoms with van der Waals surface area (Å²) in [6.07, 6.45) is 23.5. The fourth-order valence-electron chi connectivity index (χ4n) is 1.89. The van der Waals surface area contributed by atoms with E-state index in [9.17, 15) is 0 Å². The van der Waals surface area contributed by atoms with Gasteiger partial charge in [0.1, 0.15) is 0 Å². The minimum absolute atomic E-state index is 1.11. The molecule has 0 nitrogen and oxygen atoms in total. The molecule has 99 valence electrons. The van der Waals surface area contributed by atoms with Crippen LogP contribution < -0.4 is 0 Å². The fourth-order valence-corrected chi connectivity index (χ4v) is 1.89. The highest BCUT2D eigenvalue weighted by Gasteiger charge is 1.90. The monoisotopic (exact) mass is 235 g/mol. The lowest BCUT2D eigenvalue weighted by Crippen LogP contribution is -1.80. The summed E-state index contributed by atoms with van der Waals surface area (Å²) in [4.78, 5) is 0. The molecule has 17 heavy (non-hydrogen) atoms. The Morgan fingerprint density at radius 2 is 1.24 bits per heavy atom. The topological polar surface area (TPSA) is 0 Å². The van der Waals surface area contributed by atoms with E-state index < -0.39 is 0 Å². The Kier molecular flexibility index (Phi) is 15.0. The minimum atomic E-state index is 1.11. The molecule has 0 rings (SSSR count). The maximum atomic E-state index is 3.87. The first-order valence-electron chi connectivity index (χ1n) is 7.52. The number of rotatable bonds is 12. The fraction of sp³-hybridized carbons (Fsp3) is 0.706. The van der Waals surface area contributed by atoms with Crippen LogP contribution in [0, 0.1) is 6.92 Å². The predicted molar refractivity (Wildman–Crippen MR) is 80.1 cm³/mol. The second-order valence-corrected chi connectivity index (χ2v) is 4.74. The zero-order valence-corrected chi connectivity index (χ0v) is 11.8. The summed E-state index contributed by atoms with van der Waals surface area (Å²) in [5.74, 6) is 0. The molecule has 0 heterocycles. The average molecular weight is 235 g/mol. The molecule has 0 atom stereocenters. The van der Waals surface area contributed by atoms with E-state index in [-0.39, 0.29) is 0 Å². The number of hydrogen-bond donors (Lipinski definition) is 0. The second-order valence-electron chi connectivity index (χ2n) is 4.74. The Morgan fingerprint density at radius 1 is 0.706 bits per heavy atom. The first-order chi connectivity index (χ1) is 8.41. The Hall–Kier alpha value is -0.520. The largest absolute Gasteiger partial charge is 0.0848 e. The van der Waals surface area contributed by atoms with Gasteiger partial charge in [-0.1, -0.05) is 89.5 Å². The van der Waals surface area contributed by atoms with Gasteiger partial charge in [-0.3, -0.25) is 0 Å². The van der Waals surface area contributed by atoms with Gasteiger partial charge in [0.25, 0.3) is 0 Å². The normalized spacial score (nSPS) is 11.9. The number of allylic oxidation sites excluding steroid dienone is 4. The highest BCUT2D eigenvalue weighted by atomic mass is 14.0.